The summed E-state index contributed by atoms with van der Waals surface area (Å²) < 4.78 is 18.7. The smallest absolute Gasteiger partial charge is 0.282 e. The lowest BCUT2D eigenvalue weighted by molar-refractivity contribution is 0.191. The Balaban J connectivity index is 1.61. The molecule has 0 unspecified atom stereocenters. The van der Waals surface area contributed by atoms with E-state index in [0.717, 1.165) is 5.39 Å². The Labute approximate surface area is 218 Å². The zero-order valence-corrected chi connectivity index (χ0v) is 21.7. The normalized spacial score (nSPS) is 12.0. The molecule has 37 heavy (non-hydrogen) atoms. The third-order valence-electron chi connectivity index (χ3n) is 5.62. The summed E-state index contributed by atoms with van der Waals surface area (Å²) >= 11 is 6.54. The van der Waals surface area contributed by atoms with Gasteiger partial charge >= 0.3 is 0 Å². The molecule has 2 aromatic heterocycles. The van der Waals surface area contributed by atoms with Gasteiger partial charge in [-0.05, 0) is 47.4 Å². The number of para-hydroxylation sites is 2. The molecule has 0 saturated carbocycles. The van der Waals surface area contributed by atoms with Crippen LogP contribution in [0.2, 0.25) is 5.02 Å². The number of furan rings is 1. The van der Waals surface area contributed by atoms with Gasteiger partial charge in [-0.15, -0.1) is 0 Å². The molecule has 0 aliphatic heterocycles. The first-order valence-corrected chi connectivity index (χ1v) is 12.2. The predicted octanol–water partition coefficient (Wildman–Crippen LogP) is 6.78. The second kappa shape index (κ2) is 9.75. The second-order valence-corrected chi connectivity index (χ2v) is 10.3. The highest BCUT2D eigenvalue weighted by atomic mass is 35.5. The van der Waals surface area contributed by atoms with Crippen molar-refractivity contribution in [1.82, 2.24) is 9.66 Å². The Morgan fingerprint density at radius 1 is 1.08 bits per heavy atom. The van der Waals surface area contributed by atoms with E-state index in [1.807, 2.05) is 36.4 Å². The number of hydrogen-bond donors (Lipinski definition) is 0. The number of benzene rings is 3. The summed E-state index contributed by atoms with van der Waals surface area (Å²) in [7, 11) is 1.55. The molecule has 188 valence electrons. The van der Waals surface area contributed by atoms with E-state index in [0.29, 0.717) is 56.8 Å². The number of nitrogens with zero attached hydrogens (tertiary/aromatic N) is 3. The van der Waals surface area contributed by atoms with Crippen LogP contribution < -0.4 is 15.0 Å². The SMILES string of the molecule is COc1cc(C=Nn2c(-c3cc4ccccc4o3)nc3ccccc3c2=O)cc(Cl)c1OCC(C)(C)C. The van der Waals surface area contributed by atoms with Gasteiger partial charge in [-0.3, -0.25) is 4.79 Å². The van der Waals surface area contributed by atoms with Crippen LogP contribution in [0.3, 0.4) is 0 Å². The van der Waals surface area contributed by atoms with Crippen LogP contribution >= 0.6 is 11.6 Å². The van der Waals surface area contributed by atoms with Gasteiger partial charge in [0.15, 0.2) is 17.3 Å². The number of ether oxygens (including phenoxy) is 2. The third-order valence-corrected chi connectivity index (χ3v) is 5.90. The van der Waals surface area contributed by atoms with E-state index >= 15 is 0 Å². The fourth-order valence-electron chi connectivity index (χ4n) is 3.85. The molecule has 0 aliphatic rings. The summed E-state index contributed by atoms with van der Waals surface area (Å²) in [5.74, 6) is 1.66. The molecule has 0 radical (unpaired) electrons. The molecule has 0 spiro atoms. The molecule has 0 N–H and O–H groups in total. The van der Waals surface area contributed by atoms with E-state index in [9.17, 15) is 4.79 Å². The summed E-state index contributed by atoms with van der Waals surface area (Å²) in [5.41, 5.74) is 1.50. The molecule has 5 aromatic rings. The maximum atomic E-state index is 13.5. The number of methoxy groups -OCH3 is 1. The molecule has 0 bridgehead atoms. The highest BCUT2D eigenvalue weighted by Gasteiger charge is 2.18. The second-order valence-electron chi connectivity index (χ2n) is 9.85. The summed E-state index contributed by atoms with van der Waals surface area (Å²) in [5, 5.41) is 6.23. The monoisotopic (exact) mass is 515 g/mol. The number of halogens is 1. The lowest BCUT2D eigenvalue weighted by Gasteiger charge is -2.21. The van der Waals surface area contributed by atoms with E-state index in [-0.39, 0.29) is 11.0 Å². The van der Waals surface area contributed by atoms with Gasteiger partial charge in [-0.1, -0.05) is 62.7 Å². The Kier molecular flexibility index (Phi) is 6.48. The molecule has 2 heterocycles. The maximum Gasteiger partial charge on any atom is 0.282 e. The van der Waals surface area contributed by atoms with Crippen LogP contribution in [0.5, 0.6) is 11.5 Å². The number of hydrogen-bond acceptors (Lipinski definition) is 6. The Hall–Kier alpha value is -4.10. The van der Waals surface area contributed by atoms with Gasteiger partial charge in [0.1, 0.15) is 5.58 Å². The molecule has 8 heteroatoms. The molecule has 3 aromatic carbocycles. The summed E-state index contributed by atoms with van der Waals surface area (Å²) in [6, 6.07) is 20.1. The lowest BCUT2D eigenvalue weighted by Crippen LogP contribution is -2.20. The predicted molar refractivity (Wildman–Crippen MR) is 147 cm³/mol. The Morgan fingerprint density at radius 3 is 2.59 bits per heavy atom. The molecule has 5 rings (SSSR count). The number of rotatable bonds is 6. The van der Waals surface area contributed by atoms with Gasteiger partial charge < -0.3 is 13.9 Å². The summed E-state index contributed by atoms with van der Waals surface area (Å²) in [4.78, 5) is 18.2. The van der Waals surface area contributed by atoms with Crippen LogP contribution in [-0.2, 0) is 0 Å². The molecule has 0 saturated heterocycles. The van der Waals surface area contributed by atoms with Crippen molar-refractivity contribution in [2.45, 2.75) is 20.8 Å². The van der Waals surface area contributed by atoms with Gasteiger partial charge in [0.25, 0.3) is 5.56 Å². The van der Waals surface area contributed by atoms with E-state index in [2.05, 4.69) is 25.9 Å². The molecular weight excluding hydrogens is 490 g/mol. The van der Waals surface area contributed by atoms with Crippen molar-refractivity contribution in [3.05, 3.63) is 87.7 Å². The van der Waals surface area contributed by atoms with E-state index in [1.165, 1.54) is 10.9 Å². The number of fused-ring (bicyclic) bond motifs is 2. The van der Waals surface area contributed by atoms with Crippen LogP contribution in [0.1, 0.15) is 26.3 Å². The minimum atomic E-state index is -0.319. The quantitative estimate of drug-likeness (QED) is 0.233. The molecule has 0 fully saturated rings. The minimum absolute atomic E-state index is 0.0498. The van der Waals surface area contributed by atoms with E-state index < -0.39 is 0 Å². The summed E-state index contributed by atoms with van der Waals surface area (Å²) in [6.45, 7) is 6.69. The Morgan fingerprint density at radius 2 is 1.84 bits per heavy atom. The largest absolute Gasteiger partial charge is 0.493 e. The highest BCUT2D eigenvalue weighted by Crippen LogP contribution is 2.37. The molecular formula is C29H26ClN3O4. The third kappa shape index (κ3) is 5.08. The lowest BCUT2D eigenvalue weighted by atomic mass is 9.99. The first kappa shape index (κ1) is 24.6. The summed E-state index contributed by atoms with van der Waals surface area (Å²) in [6.07, 6.45) is 1.53. The van der Waals surface area contributed by atoms with Crippen LogP contribution in [0.4, 0.5) is 0 Å². The van der Waals surface area contributed by atoms with E-state index in [1.54, 1.807) is 37.4 Å². The Bertz CT molecular complexity index is 1660. The zero-order valence-electron chi connectivity index (χ0n) is 21.0. The molecule has 7 nitrogen and oxygen atoms in total. The fraction of sp³-hybridized carbons (Fsp3) is 0.207. The van der Waals surface area contributed by atoms with Crippen LogP contribution in [-0.4, -0.2) is 29.6 Å². The molecule has 0 aliphatic carbocycles. The standard InChI is InChI=1S/C29H26ClN3O4/c1-29(2,3)17-36-26-21(30)13-18(14-24(26)35-4)16-31-33-27(25-15-19-9-5-8-12-23(19)37-25)32-22-11-7-6-10-20(22)28(33)34/h5-16H,17H2,1-4H3. The average Bonchev–Trinajstić information content (AvgIpc) is 3.31. The van der Waals surface area contributed by atoms with Crippen LogP contribution in [0, 0.1) is 5.41 Å². The first-order valence-electron chi connectivity index (χ1n) is 11.8. The number of aromatic nitrogens is 2. The minimum Gasteiger partial charge on any atom is -0.493 e. The van der Waals surface area contributed by atoms with Gasteiger partial charge in [0.2, 0.25) is 5.82 Å². The van der Waals surface area contributed by atoms with Crippen molar-refractivity contribution in [2.24, 2.45) is 10.5 Å². The van der Waals surface area contributed by atoms with Gasteiger partial charge in [-0.25, -0.2) is 4.98 Å². The van der Waals surface area contributed by atoms with Crippen molar-refractivity contribution in [2.75, 3.05) is 13.7 Å². The van der Waals surface area contributed by atoms with Crippen molar-refractivity contribution in [3.8, 4) is 23.1 Å². The fourth-order valence-corrected chi connectivity index (χ4v) is 4.12. The first-order chi connectivity index (χ1) is 17.7. The van der Waals surface area contributed by atoms with Gasteiger partial charge in [0, 0.05) is 5.39 Å². The topological polar surface area (TPSA) is 78.9 Å². The molecule has 0 atom stereocenters. The average molecular weight is 516 g/mol. The molecule has 0 amide bonds. The highest BCUT2D eigenvalue weighted by molar-refractivity contribution is 6.32. The van der Waals surface area contributed by atoms with Gasteiger partial charge in [0.05, 0.1) is 35.9 Å². The van der Waals surface area contributed by atoms with Gasteiger partial charge in [-0.2, -0.15) is 9.78 Å². The van der Waals surface area contributed by atoms with Crippen molar-refractivity contribution in [3.63, 3.8) is 0 Å². The zero-order chi connectivity index (χ0) is 26.2. The van der Waals surface area contributed by atoms with Crippen molar-refractivity contribution < 1.29 is 13.9 Å². The van der Waals surface area contributed by atoms with Crippen molar-refractivity contribution in [1.29, 1.82) is 0 Å². The van der Waals surface area contributed by atoms with E-state index in [4.69, 9.17) is 30.5 Å². The van der Waals surface area contributed by atoms with Crippen molar-refractivity contribution >= 4 is 39.7 Å². The van der Waals surface area contributed by atoms with Crippen LogP contribution in [0.25, 0.3) is 33.5 Å². The van der Waals surface area contributed by atoms with Crippen LogP contribution in [0.15, 0.2) is 81.0 Å². The maximum absolute atomic E-state index is 13.5.